The average Bonchev–Trinajstić information content (AvgIpc) is 2.60. The van der Waals surface area contributed by atoms with E-state index in [1.165, 1.54) is 36.8 Å². The summed E-state index contributed by atoms with van der Waals surface area (Å²) < 4.78 is 19.5. The van der Waals surface area contributed by atoms with Gasteiger partial charge in [0.25, 0.3) is 0 Å². The molecule has 0 saturated heterocycles. The van der Waals surface area contributed by atoms with Crippen LogP contribution in [0.5, 0.6) is 0 Å². The molecular formula is C22H23FN2O3. The molecule has 0 aliphatic rings. The minimum atomic E-state index is -0.450. The van der Waals surface area contributed by atoms with Gasteiger partial charge in [-0.15, -0.1) is 0 Å². The maximum atomic E-state index is 14.2. The summed E-state index contributed by atoms with van der Waals surface area (Å²) in [5, 5.41) is 6.46. The van der Waals surface area contributed by atoms with Crippen LogP contribution in [0.2, 0.25) is 0 Å². The van der Waals surface area contributed by atoms with Gasteiger partial charge in [-0.25, -0.2) is 9.18 Å². The van der Waals surface area contributed by atoms with Gasteiger partial charge in [-0.3, -0.25) is 4.79 Å². The lowest BCUT2D eigenvalue weighted by atomic mass is 9.95. The van der Waals surface area contributed by atoms with E-state index in [4.69, 9.17) is 4.42 Å². The molecule has 0 radical (unpaired) electrons. The van der Waals surface area contributed by atoms with Gasteiger partial charge in [-0.05, 0) is 59.9 Å². The first kappa shape index (κ1) is 19.6. The molecule has 1 amide bonds. The normalized spacial score (nSPS) is 11.1. The molecule has 5 nitrogen and oxygen atoms in total. The second-order valence-electron chi connectivity index (χ2n) is 7.18. The fourth-order valence-corrected chi connectivity index (χ4v) is 3.29. The molecule has 0 aliphatic carbocycles. The number of hydrogen-bond donors (Lipinski definition) is 2. The zero-order valence-electron chi connectivity index (χ0n) is 16.4. The number of carbonyl (C=O) groups is 1. The van der Waals surface area contributed by atoms with Gasteiger partial charge < -0.3 is 15.1 Å². The van der Waals surface area contributed by atoms with Crippen molar-refractivity contribution in [2.24, 2.45) is 0 Å². The molecule has 1 aromatic heterocycles. The summed E-state index contributed by atoms with van der Waals surface area (Å²) in [5.41, 5.74) is 3.74. The van der Waals surface area contributed by atoms with Crippen molar-refractivity contribution in [1.82, 2.24) is 0 Å². The molecule has 6 heteroatoms. The van der Waals surface area contributed by atoms with E-state index in [0.29, 0.717) is 17.2 Å². The van der Waals surface area contributed by atoms with Crippen molar-refractivity contribution in [2.45, 2.75) is 40.2 Å². The van der Waals surface area contributed by atoms with Gasteiger partial charge in [0.15, 0.2) is 0 Å². The predicted octanol–water partition coefficient (Wildman–Crippen LogP) is 4.93. The van der Waals surface area contributed by atoms with Gasteiger partial charge in [-0.1, -0.05) is 13.8 Å². The minimum Gasteiger partial charge on any atom is -0.423 e. The zero-order valence-corrected chi connectivity index (χ0v) is 16.4. The van der Waals surface area contributed by atoms with Crippen LogP contribution in [-0.2, 0) is 11.3 Å². The number of fused-ring (bicyclic) bond motifs is 1. The first-order valence-corrected chi connectivity index (χ1v) is 9.13. The van der Waals surface area contributed by atoms with Crippen LogP contribution >= 0.6 is 0 Å². The van der Waals surface area contributed by atoms with Gasteiger partial charge in [-0.2, -0.15) is 0 Å². The molecule has 3 rings (SSSR count). The molecule has 2 N–H and O–H groups in total. The third kappa shape index (κ3) is 4.22. The van der Waals surface area contributed by atoms with E-state index in [2.05, 4.69) is 24.5 Å². The third-order valence-electron chi connectivity index (χ3n) is 4.59. The Hall–Kier alpha value is -3.15. The van der Waals surface area contributed by atoms with Crippen molar-refractivity contribution in [1.29, 1.82) is 0 Å². The number of carbonyl (C=O) groups excluding carboxylic acids is 1. The smallest absolute Gasteiger partial charge is 0.336 e. The zero-order chi connectivity index (χ0) is 20.4. The third-order valence-corrected chi connectivity index (χ3v) is 4.59. The van der Waals surface area contributed by atoms with Gasteiger partial charge in [0.1, 0.15) is 11.4 Å². The number of nitrogens with one attached hydrogen (secondary N) is 2. The molecule has 28 heavy (non-hydrogen) atoms. The number of hydrogen-bond acceptors (Lipinski definition) is 4. The second kappa shape index (κ2) is 7.84. The van der Waals surface area contributed by atoms with E-state index in [1.807, 2.05) is 19.1 Å². The topological polar surface area (TPSA) is 71.3 Å². The van der Waals surface area contributed by atoms with Crippen molar-refractivity contribution >= 4 is 28.3 Å². The van der Waals surface area contributed by atoms with Crippen LogP contribution < -0.4 is 16.3 Å². The molecule has 0 bridgehead atoms. The van der Waals surface area contributed by atoms with Crippen LogP contribution in [0.25, 0.3) is 11.0 Å². The van der Waals surface area contributed by atoms with E-state index in [0.717, 1.165) is 16.5 Å². The Morgan fingerprint density at radius 1 is 1.18 bits per heavy atom. The van der Waals surface area contributed by atoms with Gasteiger partial charge in [0.05, 0.1) is 5.69 Å². The summed E-state index contributed by atoms with van der Waals surface area (Å²) in [6, 6.07) is 9.61. The molecule has 146 valence electrons. The lowest BCUT2D eigenvalue weighted by molar-refractivity contribution is -0.114. The highest BCUT2D eigenvalue weighted by Gasteiger charge is 2.12. The Kier molecular flexibility index (Phi) is 5.49. The lowest BCUT2D eigenvalue weighted by Crippen LogP contribution is -2.09. The molecule has 0 aliphatic heterocycles. The van der Waals surface area contributed by atoms with E-state index in [1.54, 1.807) is 0 Å². The monoisotopic (exact) mass is 382 g/mol. The number of rotatable bonds is 5. The maximum absolute atomic E-state index is 14.2. The van der Waals surface area contributed by atoms with Crippen LogP contribution in [0.4, 0.5) is 15.8 Å². The van der Waals surface area contributed by atoms with Crippen molar-refractivity contribution in [3.63, 3.8) is 0 Å². The number of halogens is 1. The van der Waals surface area contributed by atoms with E-state index in [-0.39, 0.29) is 18.1 Å². The van der Waals surface area contributed by atoms with Crippen molar-refractivity contribution in [3.05, 3.63) is 69.3 Å². The Morgan fingerprint density at radius 2 is 1.93 bits per heavy atom. The summed E-state index contributed by atoms with van der Waals surface area (Å²) in [5.74, 6) is -0.357. The minimum absolute atomic E-state index is 0.235. The Bertz CT molecular complexity index is 1100. The van der Waals surface area contributed by atoms with E-state index >= 15 is 0 Å². The molecule has 2 aromatic carbocycles. The Balaban J connectivity index is 1.97. The van der Waals surface area contributed by atoms with Crippen molar-refractivity contribution in [2.75, 3.05) is 10.6 Å². The standard InChI is InChI=1S/C22H23FN2O3/c1-12(2)17-10-18-15(8-22(27)28-21(18)7-13(17)3)11-24-20-9-16(25-14(4)26)5-6-19(20)23/h5-10,12,24H,11H2,1-4H3,(H,25,26). The fourth-order valence-electron chi connectivity index (χ4n) is 3.29. The molecule has 0 fully saturated rings. The number of amides is 1. The van der Waals surface area contributed by atoms with Crippen molar-refractivity contribution in [3.8, 4) is 0 Å². The summed E-state index contributed by atoms with van der Waals surface area (Å²) in [4.78, 5) is 23.2. The summed E-state index contributed by atoms with van der Waals surface area (Å²) >= 11 is 0. The van der Waals surface area contributed by atoms with Crippen LogP contribution in [0.15, 0.2) is 45.6 Å². The highest BCUT2D eigenvalue weighted by atomic mass is 19.1. The Morgan fingerprint density at radius 3 is 2.61 bits per heavy atom. The highest BCUT2D eigenvalue weighted by Crippen LogP contribution is 2.28. The lowest BCUT2D eigenvalue weighted by Gasteiger charge is -2.14. The van der Waals surface area contributed by atoms with Gasteiger partial charge in [0, 0.05) is 30.6 Å². The quantitative estimate of drug-likeness (QED) is 0.614. The van der Waals surface area contributed by atoms with Crippen LogP contribution in [0, 0.1) is 12.7 Å². The molecule has 0 saturated carbocycles. The summed E-state index contributed by atoms with van der Waals surface area (Å²) in [7, 11) is 0. The number of anilines is 2. The highest BCUT2D eigenvalue weighted by molar-refractivity contribution is 5.89. The number of aryl methyl sites for hydroxylation is 1. The molecule has 0 atom stereocenters. The predicted molar refractivity (Wildman–Crippen MR) is 109 cm³/mol. The molecule has 0 spiro atoms. The Labute approximate surface area is 162 Å². The first-order valence-electron chi connectivity index (χ1n) is 9.13. The van der Waals surface area contributed by atoms with Crippen LogP contribution in [0.1, 0.15) is 43.4 Å². The summed E-state index contributed by atoms with van der Waals surface area (Å²) in [6.45, 7) is 7.83. The fraction of sp³-hybridized carbons (Fsp3) is 0.273. The molecular weight excluding hydrogens is 359 g/mol. The van der Waals surface area contributed by atoms with Gasteiger partial charge in [0.2, 0.25) is 5.91 Å². The van der Waals surface area contributed by atoms with Crippen LogP contribution in [0.3, 0.4) is 0 Å². The van der Waals surface area contributed by atoms with Gasteiger partial charge >= 0.3 is 5.63 Å². The SMILES string of the molecule is CC(=O)Nc1ccc(F)c(NCc2cc(=O)oc3cc(C)c(C(C)C)cc23)c1. The first-order chi connectivity index (χ1) is 13.2. The molecule has 0 unspecified atom stereocenters. The second-order valence-corrected chi connectivity index (χ2v) is 7.18. The molecule has 1 heterocycles. The molecule has 3 aromatic rings. The van der Waals surface area contributed by atoms with Crippen molar-refractivity contribution < 1.29 is 13.6 Å². The summed E-state index contributed by atoms with van der Waals surface area (Å²) in [6.07, 6.45) is 0. The number of benzene rings is 2. The maximum Gasteiger partial charge on any atom is 0.336 e. The van der Waals surface area contributed by atoms with E-state index < -0.39 is 11.4 Å². The average molecular weight is 382 g/mol. The largest absolute Gasteiger partial charge is 0.423 e. The van der Waals surface area contributed by atoms with E-state index in [9.17, 15) is 14.0 Å². The van der Waals surface area contributed by atoms with Crippen LogP contribution in [-0.4, -0.2) is 5.91 Å².